The predicted molar refractivity (Wildman–Crippen MR) is 77.0 cm³/mol. The van der Waals surface area contributed by atoms with Crippen LogP contribution in [-0.2, 0) is 18.9 Å². The summed E-state index contributed by atoms with van der Waals surface area (Å²) in [6, 6.07) is 10.9. The van der Waals surface area contributed by atoms with Crippen molar-refractivity contribution in [2.24, 2.45) is 7.05 Å². The van der Waals surface area contributed by atoms with Gasteiger partial charge in [0.25, 0.3) is 0 Å². The number of aromatic nitrogens is 3. The van der Waals surface area contributed by atoms with E-state index in [2.05, 4.69) is 59.6 Å². The van der Waals surface area contributed by atoms with Crippen molar-refractivity contribution in [3.05, 3.63) is 48.0 Å². The van der Waals surface area contributed by atoms with Crippen LogP contribution in [0, 0.1) is 0 Å². The molecule has 0 saturated heterocycles. The second-order valence-corrected chi connectivity index (χ2v) is 5.43. The molecule has 1 aromatic heterocycles. The van der Waals surface area contributed by atoms with E-state index in [0.29, 0.717) is 6.04 Å². The third-order valence-electron chi connectivity index (χ3n) is 3.93. The molecule has 4 heteroatoms. The molecule has 1 heterocycles. The van der Waals surface area contributed by atoms with Gasteiger partial charge in [0.2, 0.25) is 0 Å². The highest BCUT2D eigenvalue weighted by Gasteiger charge is 2.31. The van der Waals surface area contributed by atoms with E-state index in [9.17, 15) is 0 Å². The Morgan fingerprint density at radius 2 is 1.95 bits per heavy atom. The molecule has 0 aliphatic carbocycles. The van der Waals surface area contributed by atoms with E-state index in [1.807, 2.05) is 18.8 Å². The summed E-state index contributed by atoms with van der Waals surface area (Å²) < 4.78 is 1.84. The molecule has 0 radical (unpaired) electrons. The number of benzene rings is 1. The van der Waals surface area contributed by atoms with Crippen LogP contribution in [0.4, 0.5) is 0 Å². The van der Waals surface area contributed by atoms with Crippen molar-refractivity contribution in [1.82, 2.24) is 20.1 Å². The van der Waals surface area contributed by atoms with Crippen molar-refractivity contribution < 1.29 is 0 Å². The maximum absolute atomic E-state index is 4.32. The van der Waals surface area contributed by atoms with Gasteiger partial charge in [-0.15, -0.1) is 0 Å². The van der Waals surface area contributed by atoms with Gasteiger partial charge >= 0.3 is 0 Å². The molecular weight excluding hydrogens is 236 g/mol. The molecule has 2 aromatic rings. The first kappa shape index (κ1) is 13.7. The summed E-state index contributed by atoms with van der Waals surface area (Å²) in [7, 11) is 3.94. The normalized spacial score (nSPS) is 13.5. The van der Waals surface area contributed by atoms with Crippen LogP contribution >= 0.6 is 0 Å². The highest BCUT2D eigenvalue weighted by Crippen LogP contribution is 2.28. The Morgan fingerprint density at radius 3 is 2.47 bits per heavy atom. The summed E-state index contributed by atoms with van der Waals surface area (Å²) in [6.07, 6.45) is 2.46. The highest BCUT2D eigenvalue weighted by atomic mass is 15.3. The molecule has 2 rings (SSSR count). The van der Waals surface area contributed by atoms with Crippen molar-refractivity contribution in [3.63, 3.8) is 0 Å². The Balaban J connectivity index is 2.24. The molecule has 0 saturated carbocycles. The standard InChI is InChI=1S/C15H22N4/c1-15(2,12-8-6-5-7-9-12)13(16-3)10-14-17-11-18-19(14)4/h5-9,11,13,16H,10H2,1-4H3. The van der Waals surface area contributed by atoms with E-state index in [1.165, 1.54) is 5.56 Å². The zero-order chi connectivity index (χ0) is 13.9. The third-order valence-corrected chi connectivity index (χ3v) is 3.93. The fourth-order valence-electron chi connectivity index (χ4n) is 2.47. The predicted octanol–water partition coefficient (Wildman–Crippen LogP) is 1.92. The largest absolute Gasteiger partial charge is 0.316 e. The minimum Gasteiger partial charge on any atom is -0.316 e. The van der Waals surface area contributed by atoms with Crippen molar-refractivity contribution in [2.45, 2.75) is 31.7 Å². The number of aryl methyl sites for hydroxylation is 1. The number of rotatable bonds is 5. The monoisotopic (exact) mass is 258 g/mol. The van der Waals surface area contributed by atoms with Crippen LogP contribution in [0.15, 0.2) is 36.7 Å². The van der Waals surface area contributed by atoms with Crippen molar-refractivity contribution in [1.29, 1.82) is 0 Å². The Morgan fingerprint density at radius 1 is 1.26 bits per heavy atom. The van der Waals surface area contributed by atoms with Crippen LogP contribution in [0.3, 0.4) is 0 Å². The van der Waals surface area contributed by atoms with E-state index in [-0.39, 0.29) is 5.41 Å². The number of hydrogen-bond acceptors (Lipinski definition) is 3. The van der Waals surface area contributed by atoms with Gasteiger partial charge in [0.1, 0.15) is 12.2 Å². The average molecular weight is 258 g/mol. The molecule has 0 aliphatic heterocycles. The van der Waals surface area contributed by atoms with Gasteiger partial charge in [-0.3, -0.25) is 4.68 Å². The molecule has 4 nitrogen and oxygen atoms in total. The first-order chi connectivity index (χ1) is 9.05. The first-order valence-electron chi connectivity index (χ1n) is 6.61. The summed E-state index contributed by atoms with van der Waals surface area (Å²) in [5.74, 6) is 1.00. The molecule has 0 aliphatic rings. The summed E-state index contributed by atoms with van der Waals surface area (Å²) in [5.41, 5.74) is 1.36. The molecule has 102 valence electrons. The van der Waals surface area contributed by atoms with E-state index in [1.54, 1.807) is 6.33 Å². The number of nitrogens with zero attached hydrogens (tertiary/aromatic N) is 3. The van der Waals surface area contributed by atoms with Gasteiger partial charge in [-0.05, 0) is 12.6 Å². The lowest BCUT2D eigenvalue weighted by molar-refractivity contribution is 0.348. The van der Waals surface area contributed by atoms with E-state index >= 15 is 0 Å². The lowest BCUT2D eigenvalue weighted by Crippen LogP contribution is -2.45. The van der Waals surface area contributed by atoms with Crippen LogP contribution in [-0.4, -0.2) is 27.9 Å². The molecule has 0 amide bonds. The van der Waals surface area contributed by atoms with Gasteiger partial charge in [-0.1, -0.05) is 44.2 Å². The molecule has 1 aromatic carbocycles. The minimum atomic E-state index is 0.0297. The van der Waals surface area contributed by atoms with Gasteiger partial charge in [0, 0.05) is 24.9 Å². The molecule has 1 N–H and O–H groups in total. The first-order valence-corrected chi connectivity index (χ1v) is 6.61. The van der Waals surface area contributed by atoms with Crippen molar-refractivity contribution >= 4 is 0 Å². The summed E-state index contributed by atoms with van der Waals surface area (Å²) in [5, 5.41) is 7.56. The van der Waals surface area contributed by atoms with Crippen LogP contribution in [0.1, 0.15) is 25.2 Å². The minimum absolute atomic E-state index is 0.0297. The quantitative estimate of drug-likeness (QED) is 0.891. The Bertz CT molecular complexity index is 516. The molecule has 0 bridgehead atoms. The summed E-state index contributed by atoms with van der Waals surface area (Å²) in [4.78, 5) is 4.32. The highest BCUT2D eigenvalue weighted by molar-refractivity contribution is 5.26. The van der Waals surface area contributed by atoms with Crippen molar-refractivity contribution in [2.75, 3.05) is 7.05 Å². The number of hydrogen-bond donors (Lipinski definition) is 1. The maximum Gasteiger partial charge on any atom is 0.138 e. The Kier molecular flexibility index (Phi) is 4.00. The summed E-state index contributed by atoms with van der Waals surface area (Å²) in [6.45, 7) is 4.53. The van der Waals surface area contributed by atoms with Gasteiger partial charge in [-0.25, -0.2) is 4.98 Å². The van der Waals surface area contributed by atoms with E-state index in [0.717, 1.165) is 12.2 Å². The second-order valence-electron chi connectivity index (χ2n) is 5.43. The van der Waals surface area contributed by atoms with Crippen LogP contribution < -0.4 is 5.32 Å². The zero-order valence-corrected chi connectivity index (χ0v) is 12.1. The molecule has 19 heavy (non-hydrogen) atoms. The molecule has 1 atom stereocenters. The average Bonchev–Trinajstić information content (AvgIpc) is 2.82. The van der Waals surface area contributed by atoms with E-state index < -0.39 is 0 Å². The second kappa shape index (κ2) is 5.53. The zero-order valence-electron chi connectivity index (χ0n) is 12.1. The van der Waals surface area contributed by atoms with Crippen molar-refractivity contribution in [3.8, 4) is 0 Å². The molecule has 0 spiro atoms. The smallest absolute Gasteiger partial charge is 0.138 e. The van der Waals surface area contributed by atoms with E-state index in [4.69, 9.17) is 0 Å². The van der Waals surface area contributed by atoms with Gasteiger partial charge in [0.05, 0.1) is 0 Å². The van der Waals surface area contributed by atoms with Gasteiger partial charge in [-0.2, -0.15) is 5.10 Å². The fraction of sp³-hybridized carbons (Fsp3) is 0.467. The molecular formula is C15H22N4. The topological polar surface area (TPSA) is 42.7 Å². The van der Waals surface area contributed by atoms with Crippen LogP contribution in [0.5, 0.6) is 0 Å². The fourth-order valence-corrected chi connectivity index (χ4v) is 2.47. The Labute approximate surface area is 114 Å². The molecule has 1 unspecified atom stereocenters. The summed E-state index contributed by atoms with van der Waals surface area (Å²) >= 11 is 0. The van der Waals surface area contributed by atoms with Crippen LogP contribution in [0.2, 0.25) is 0 Å². The maximum atomic E-state index is 4.32. The number of nitrogens with one attached hydrogen (secondary N) is 1. The van der Waals surface area contributed by atoms with Gasteiger partial charge in [0.15, 0.2) is 0 Å². The van der Waals surface area contributed by atoms with Crippen LogP contribution in [0.25, 0.3) is 0 Å². The number of likely N-dealkylation sites (N-methyl/N-ethyl adjacent to an activating group) is 1. The molecule has 0 fully saturated rings. The SMILES string of the molecule is CNC(Cc1ncnn1C)C(C)(C)c1ccccc1. The third kappa shape index (κ3) is 2.84. The lowest BCUT2D eigenvalue weighted by atomic mass is 9.76. The lowest BCUT2D eigenvalue weighted by Gasteiger charge is -2.34. The Hall–Kier alpha value is -1.68. The van der Waals surface area contributed by atoms with Gasteiger partial charge < -0.3 is 5.32 Å².